The molecule has 0 atom stereocenters. The van der Waals surface area contributed by atoms with Crippen molar-refractivity contribution in [3.8, 4) is 33.6 Å². The predicted molar refractivity (Wildman–Crippen MR) is 131 cm³/mol. The van der Waals surface area contributed by atoms with E-state index in [-0.39, 0.29) is 5.56 Å². The first-order valence-corrected chi connectivity index (χ1v) is 10.7. The number of hydrogen-bond donors (Lipinski definition) is 2. The van der Waals surface area contributed by atoms with Gasteiger partial charge in [0.2, 0.25) is 0 Å². The Morgan fingerprint density at radius 3 is 2.21 bits per heavy atom. The molecule has 0 saturated heterocycles. The van der Waals surface area contributed by atoms with Gasteiger partial charge in [-0.15, -0.1) is 0 Å². The van der Waals surface area contributed by atoms with Crippen molar-refractivity contribution in [3.05, 3.63) is 100 Å². The monoisotopic (exact) mass is 449 g/mol. The van der Waals surface area contributed by atoms with Gasteiger partial charge in [0.1, 0.15) is 5.52 Å². The Labute approximate surface area is 192 Å². The van der Waals surface area contributed by atoms with E-state index in [9.17, 15) is 4.79 Å². The zero-order valence-electron chi connectivity index (χ0n) is 17.2. The molecule has 3 aromatic carbocycles. The van der Waals surface area contributed by atoms with Crippen LogP contribution in [-0.2, 0) is 0 Å². The summed E-state index contributed by atoms with van der Waals surface area (Å²) in [4.78, 5) is 25.5. The number of nitrogens with one attached hydrogen (secondary N) is 2. The highest BCUT2D eigenvalue weighted by atomic mass is 35.5. The Bertz CT molecular complexity index is 1690. The molecule has 0 bridgehead atoms. The van der Waals surface area contributed by atoms with Crippen LogP contribution in [0.4, 0.5) is 0 Å². The fourth-order valence-electron chi connectivity index (χ4n) is 4.00. The number of aromatic nitrogens is 5. The summed E-state index contributed by atoms with van der Waals surface area (Å²) in [7, 11) is 0. The molecule has 158 valence electrons. The molecular weight excluding hydrogens is 434 g/mol. The molecule has 6 rings (SSSR count). The first-order chi connectivity index (χ1) is 16.2. The van der Waals surface area contributed by atoms with Crippen molar-refractivity contribution in [1.29, 1.82) is 0 Å². The number of H-pyrrole nitrogens is 2. The van der Waals surface area contributed by atoms with Crippen LogP contribution in [0.3, 0.4) is 0 Å². The lowest BCUT2D eigenvalue weighted by Crippen LogP contribution is -2.11. The van der Waals surface area contributed by atoms with E-state index in [2.05, 4.69) is 15.2 Å². The number of fused-ring (bicyclic) bond motifs is 2. The minimum Gasteiger partial charge on any atom is -0.305 e. The highest BCUT2D eigenvalue weighted by Gasteiger charge is 2.17. The van der Waals surface area contributed by atoms with Crippen LogP contribution in [-0.4, -0.2) is 25.1 Å². The SMILES string of the molecule is O=c1[nH]c2nc(-c3ccccc3)c(-c3cc(Cl)c4[nH]ncc4c3)nc2cc1-c1ccccc1. The largest absolute Gasteiger partial charge is 0.305 e. The van der Waals surface area contributed by atoms with E-state index in [1.54, 1.807) is 12.3 Å². The molecule has 0 aliphatic heterocycles. The van der Waals surface area contributed by atoms with E-state index < -0.39 is 0 Å². The van der Waals surface area contributed by atoms with Crippen molar-refractivity contribution in [2.24, 2.45) is 0 Å². The molecule has 2 N–H and O–H groups in total. The number of nitrogens with zero attached hydrogens (tertiary/aromatic N) is 3. The van der Waals surface area contributed by atoms with Crippen LogP contribution in [0.25, 0.3) is 55.7 Å². The summed E-state index contributed by atoms with van der Waals surface area (Å²) in [5, 5.41) is 8.44. The van der Waals surface area contributed by atoms with E-state index in [0.717, 1.165) is 27.6 Å². The van der Waals surface area contributed by atoms with Crippen molar-refractivity contribution >= 4 is 33.7 Å². The molecule has 0 saturated carbocycles. The van der Waals surface area contributed by atoms with Gasteiger partial charge in [-0.25, -0.2) is 9.97 Å². The average molecular weight is 450 g/mol. The van der Waals surface area contributed by atoms with Crippen molar-refractivity contribution in [2.45, 2.75) is 0 Å². The number of benzene rings is 3. The third-order valence-corrected chi connectivity index (χ3v) is 5.88. The summed E-state index contributed by atoms with van der Waals surface area (Å²) in [6.45, 7) is 0. The van der Waals surface area contributed by atoms with Gasteiger partial charge in [0, 0.05) is 22.1 Å². The van der Waals surface area contributed by atoms with E-state index in [0.29, 0.717) is 33.1 Å². The number of rotatable bonds is 3. The van der Waals surface area contributed by atoms with Gasteiger partial charge in [0.05, 0.1) is 28.1 Å². The lowest BCUT2D eigenvalue weighted by molar-refractivity contribution is 1.12. The van der Waals surface area contributed by atoms with Crippen molar-refractivity contribution < 1.29 is 0 Å². The molecule has 0 aliphatic rings. The number of aromatic amines is 2. The summed E-state index contributed by atoms with van der Waals surface area (Å²) in [5.74, 6) is 0. The number of hydrogen-bond acceptors (Lipinski definition) is 4. The highest BCUT2D eigenvalue weighted by molar-refractivity contribution is 6.35. The quantitative estimate of drug-likeness (QED) is 0.355. The molecule has 3 aromatic heterocycles. The van der Waals surface area contributed by atoms with Crippen LogP contribution in [0.5, 0.6) is 0 Å². The molecule has 0 amide bonds. The Morgan fingerprint density at radius 2 is 1.45 bits per heavy atom. The molecule has 6 aromatic rings. The standard InChI is InChI=1S/C26H16ClN5O/c27-20-12-17(11-18-14-28-32-22(18)20)24-23(16-9-5-2-6-10-16)30-25-21(29-24)13-19(26(33)31-25)15-7-3-1-4-8-15/h1-14H,(H,28,32)(H,30,31,33). The van der Waals surface area contributed by atoms with Gasteiger partial charge >= 0.3 is 0 Å². The normalized spacial score (nSPS) is 11.3. The second-order valence-electron chi connectivity index (χ2n) is 7.69. The number of pyridine rings is 1. The van der Waals surface area contributed by atoms with Crippen LogP contribution in [0.2, 0.25) is 5.02 Å². The number of halogens is 1. The van der Waals surface area contributed by atoms with Crippen LogP contribution in [0.1, 0.15) is 0 Å². The Morgan fingerprint density at radius 1 is 0.758 bits per heavy atom. The van der Waals surface area contributed by atoms with Gasteiger partial charge in [0.15, 0.2) is 5.65 Å². The molecule has 0 radical (unpaired) electrons. The lowest BCUT2D eigenvalue weighted by atomic mass is 10.0. The maximum Gasteiger partial charge on any atom is 0.257 e. The van der Waals surface area contributed by atoms with Gasteiger partial charge in [-0.2, -0.15) is 5.10 Å². The molecule has 0 aliphatic carbocycles. The molecular formula is C26H16ClN5O. The van der Waals surface area contributed by atoms with Crippen molar-refractivity contribution in [1.82, 2.24) is 25.1 Å². The Balaban J connectivity index is 1.66. The first kappa shape index (κ1) is 19.4. The van der Waals surface area contributed by atoms with E-state index in [1.807, 2.05) is 72.8 Å². The summed E-state index contributed by atoms with van der Waals surface area (Å²) < 4.78 is 0. The maximum atomic E-state index is 12.8. The van der Waals surface area contributed by atoms with E-state index in [4.69, 9.17) is 21.6 Å². The topological polar surface area (TPSA) is 87.3 Å². The second-order valence-corrected chi connectivity index (χ2v) is 8.10. The van der Waals surface area contributed by atoms with Crippen LogP contribution < -0.4 is 5.56 Å². The van der Waals surface area contributed by atoms with Crippen LogP contribution >= 0.6 is 11.6 Å². The zero-order valence-corrected chi connectivity index (χ0v) is 18.0. The fraction of sp³-hybridized carbons (Fsp3) is 0. The van der Waals surface area contributed by atoms with Gasteiger partial charge in [-0.05, 0) is 23.8 Å². The van der Waals surface area contributed by atoms with Gasteiger partial charge in [-0.1, -0.05) is 72.3 Å². The summed E-state index contributed by atoms with van der Waals surface area (Å²) in [5.41, 5.74) is 5.97. The summed E-state index contributed by atoms with van der Waals surface area (Å²) in [6.07, 6.45) is 1.73. The molecule has 33 heavy (non-hydrogen) atoms. The van der Waals surface area contributed by atoms with Crippen LogP contribution in [0, 0.1) is 0 Å². The first-order valence-electron chi connectivity index (χ1n) is 10.4. The van der Waals surface area contributed by atoms with Gasteiger partial charge in [-0.3, -0.25) is 9.89 Å². The third-order valence-electron chi connectivity index (χ3n) is 5.59. The molecule has 0 fully saturated rings. The van der Waals surface area contributed by atoms with Crippen molar-refractivity contribution in [2.75, 3.05) is 0 Å². The third kappa shape index (κ3) is 3.37. The Kier molecular flexibility index (Phi) is 4.52. The van der Waals surface area contributed by atoms with Crippen molar-refractivity contribution in [3.63, 3.8) is 0 Å². The minimum atomic E-state index is -0.211. The Hall–Kier alpha value is -4.29. The van der Waals surface area contributed by atoms with Crippen LogP contribution in [0.15, 0.2) is 89.9 Å². The molecule has 7 heteroatoms. The average Bonchev–Trinajstić information content (AvgIpc) is 3.33. The fourth-order valence-corrected chi connectivity index (χ4v) is 4.27. The highest BCUT2D eigenvalue weighted by Crippen LogP contribution is 2.35. The predicted octanol–water partition coefficient (Wildman–Crippen LogP) is 5.85. The molecule has 6 nitrogen and oxygen atoms in total. The van der Waals surface area contributed by atoms with Gasteiger partial charge in [0.25, 0.3) is 5.56 Å². The summed E-state index contributed by atoms with van der Waals surface area (Å²) >= 11 is 6.53. The zero-order chi connectivity index (χ0) is 22.4. The van der Waals surface area contributed by atoms with E-state index >= 15 is 0 Å². The minimum absolute atomic E-state index is 0.211. The molecule has 3 heterocycles. The maximum absolute atomic E-state index is 12.8. The lowest BCUT2D eigenvalue weighted by Gasteiger charge is -2.12. The summed E-state index contributed by atoms with van der Waals surface area (Å²) in [6, 6.07) is 24.9. The van der Waals surface area contributed by atoms with E-state index in [1.165, 1.54) is 0 Å². The molecule has 0 spiro atoms. The smallest absolute Gasteiger partial charge is 0.257 e. The molecule has 0 unspecified atom stereocenters. The van der Waals surface area contributed by atoms with Gasteiger partial charge < -0.3 is 4.98 Å². The second kappa shape index (κ2) is 7.69.